The largest absolute Gasteiger partial charge is 0.496 e. The number of Topliss-reactive ketones (excluding diaryl/α,β-unsaturated/α-hetero) is 1. The molecule has 2 rings (SSSR count). The zero-order valence-electron chi connectivity index (χ0n) is 10.3. The summed E-state index contributed by atoms with van der Waals surface area (Å²) in [6, 6.07) is 11.3. The Hall–Kier alpha value is -1.87. The Labute approximate surface area is 115 Å². The first-order chi connectivity index (χ1) is 9.11. The highest BCUT2D eigenvalue weighted by atomic mass is 35.5. The molecule has 0 saturated carbocycles. The lowest BCUT2D eigenvalue weighted by Gasteiger charge is -2.07. The Balaban J connectivity index is 2.23. The third-order valence-corrected chi connectivity index (χ3v) is 3.06. The molecule has 0 bridgehead atoms. The van der Waals surface area contributed by atoms with Crippen LogP contribution in [0, 0.1) is 5.82 Å². The second kappa shape index (κ2) is 5.85. The van der Waals surface area contributed by atoms with Crippen LogP contribution in [0.1, 0.15) is 15.9 Å². The molecule has 0 N–H and O–H groups in total. The lowest BCUT2D eigenvalue weighted by Crippen LogP contribution is -2.05. The molecule has 2 nitrogen and oxygen atoms in total. The standard InChI is InChI=1S/C15H12ClFO2/c1-19-15-5-3-2-4-11(15)14(18)9-10-6-7-12(16)13(17)8-10/h2-8H,9H2,1H3. The van der Waals surface area contributed by atoms with Gasteiger partial charge in [0.2, 0.25) is 0 Å². The van der Waals surface area contributed by atoms with Gasteiger partial charge in [-0.25, -0.2) is 4.39 Å². The summed E-state index contributed by atoms with van der Waals surface area (Å²) in [7, 11) is 1.51. The van der Waals surface area contributed by atoms with Crippen LogP contribution in [0.25, 0.3) is 0 Å². The van der Waals surface area contributed by atoms with Gasteiger partial charge in [-0.05, 0) is 29.8 Å². The van der Waals surface area contributed by atoms with E-state index >= 15 is 0 Å². The summed E-state index contributed by atoms with van der Waals surface area (Å²) in [5.41, 5.74) is 1.07. The maximum absolute atomic E-state index is 13.3. The molecule has 0 atom stereocenters. The molecule has 0 amide bonds. The van der Waals surface area contributed by atoms with Crippen molar-refractivity contribution in [2.24, 2.45) is 0 Å². The van der Waals surface area contributed by atoms with Crippen LogP contribution in [0.5, 0.6) is 5.75 Å². The second-order valence-corrected chi connectivity index (χ2v) is 4.46. The Morgan fingerprint density at radius 2 is 2.00 bits per heavy atom. The van der Waals surface area contributed by atoms with Crippen LogP contribution >= 0.6 is 11.6 Å². The van der Waals surface area contributed by atoms with Gasteiger partial charge in [0.1, 0.15) is 11.6 Å². The van der Waals surface area contributed by atoms with E-state index in [1.54, 1.807) is 30.3 Å². The van der Waals surface area contributed by atoms with Crippen LogP contribution in [-0.4, -0.2) is 12.9 Å². The summed E-state index contributed by atoms with van der Waals surface area (Å²) < 4.78 is 18.4. The molecular formula is C15H12ClFO2. The van der Waals surface area contributed by atoms with Crippen molar-refractivity contribution in [2.75, 3.05) is 7.11 Å². The predicted molar refractivity (Wildman–Crippen MR) is 72.4 cm³/mol. The van der Waals surface area contributed by atoms with Crippen LogP contribution in [0.15, 0.2) is 42.5 Å². The Morgan fingerprint density at radius 1 is 1.26 bits per heavy atom. The van der Waals surface area contributed by atoms with Crippen molar-refractivity contribution in [3.63, 3.8) is 0 Å². The molecule has 0 spiro atoms. The first-order valence-electron chi connectivity index (χ1n) is 5.72. The second-order valence-electron chi connectivity index (χ2n) is 4.05. The van der Waals surface area contributed by atoms with Gasteiger partial charge in [0.05, 0.1) is 17.7 Å². The van der Waals surface area contributed by atoms with E-state index in [2.05, 4.69) is 0 Å². The monoisotopic (exact) mass is 278 g/mol. The number of hydrogen-bond acceptors (Lipinski definition) is 2. The first-order valence-corrected chi connectivity index (χ1v) is 6.09. The number of benzene rings is 2. The van der Waals surface area contributed by atoms with Gasteiger partial charge in [-0.15, -0.1) is 0 Å². The van der Waals surface area contributed by atoms with Gasteiger partial charge in [0, 0.05) is 6.42 Å². The maximum atomic E-state index is 13.3. The summed E-state index contributed by atoms with van der Waals surface area (Å²) in [6.07, 6.45) is 0.106. The highest BCUT2D eigenvalue weighted by Gasteiger charge is 2.13. The van der Waals surface area contributed by atoms with Crippen molar-refractivity contribution in [1.82, 2.24) is 0 Å². The molecule has 0 aliphatic rings. The molecule has 19 heavy (non-hydrogen) atoms. The summed E-state index contributed by atoms with van der Waals surface area (Å²) in [5, 5.41) is 0.0495. The van der Waals surface area contributed by atoms with E-state index in [1.165, 1.54) is 19.2 Å². The van der Waals surface area contributed by atoms with Gasteiger partial charge < -0.3 is 4.74 Å². The van der Waals surface area contributed by atoms with E-state index in [9.17, 15) is 9.18 Å². The number of carbonyl (C=O) groups excluding carboxylic acids is 1. The van der Waals surface area contributed by atoms with Gasteiger partial charge in [0.25, 0.3) is 0 Å². The molecule has 98 valence electrons. The zero-order valence-corrected chi connectivity index (χ0v) is 11.1. The summed E-state index contributed by atoms with van der Waals surface area (Å²) in [5.74, 6) is -0.131. The lowest BCUT2D eigenvalue weighted by molar-refractivity contribution is 0.0990. The van der Waals surface area contributed by atoms with Gasteiger partial charge >= 0.3 is 0 Å². The first kappa shape index (κ1) is 13.6. The van der Waals surface area contributed by atoms with Gasteiger partial charge in [-0.3, -0.25) is 4.79 Å². The van der Waals surface area contributed by atoms with E-state index in [0.29, 0.717) is 16.9 Å². The van der Waals surface area contributed by atoms with E-state index in [4.69, 9.17) is 16.3 Å². The fourth-order valence-corrected chi connectivity index (χ4v) is 1.92. The smallest absolute Gasteiger partial charge is 0.170 e. The average molecular weight is 279 g/mol. The zero-order chi connectivity index (χ0) is 13.8. The molecule has 0 heterocycles. The van der Waals surface area contributed by atoms with Crippen LogP contribution in [-0.2, 0) is 6.42 Å². The molecule has 0 saturated heterocycles. The van der Waals surface area contributed by atoms with Gasteiger partial charge in [-0.2, -0.15) is 0 Å². The number of halogens is 2. The quantitative estimate of drug-likeness (QED) is 0.793. The highest BCUT2D eigenvalue weighted by Crippen LogP contribution is 2.21. The number of rotatable bonds is 4. The molecule has 0 aliphatic carbocycles. The van der Waals surface area contributed by atoms with Crippen LogP contribution in [0.4, 0.5) is 4.39 Å². The molecule has 0 aromatic heterocycles. The average Bonchev–Trinajstić information content (AvgIpc) is 2.43. The number of para-hydroxylation sites is 1. The number of hydrogen-bond donors (Lipinski definition) is 0. The van der Waals surface area contributed by atoms with Crippen molar-refractivity contribution in [3.8, 4) is 5.75 Å². The van der Waals surface area contributed by atoms with Crippen molar-refractivity contribution >= 4 is 17.4 Å². The third kappa shape index (κ3) is 3.12. The molecular weight excluding hydrogens is 267 g/mol. The van der Waals surface area contributed by atoms with E-state index in [1.807, 2.05) is 0 Å². The normalized spacial score (nSPS) is 10.3. The molecule has 2 aromatic carbocycles. The molecule has 4 heteroatoms. The number of carbonyl (C=O) groups is 1. The molecule has 0 unspecified atom stereocenters. The molecule has 2 aromatic rings. The molecule has 0 fully saturated rings. The van der Waals surface area contributed by atoms with Crippen molar-refractivity contribution in [1.29, 1.82) is 0 Å². The molecule has 0 radical (unpaired) electrons. The van der Waals surface area contributed by atoms with E-state index < -0.39 is 5.82 Å². The number of ether oxygens (including phenoxy) is 1. The topological polar surface area (TPSA) is 26.3 Å². The maximum Gasteiger partial charge on any atom is 0.170 e. The lowest BCUT2D eigenvalue weighted by atomic mass is 10.0. The summed E-state index contributed by atoms with van der Waals surface area (Å²) in [4.78, 5) is 12.2. The molecule has 0 aliphatic heterocycles. The summed E-state index contributed by atoms with van der Waals surface area (Å²) >= 11 is 5.60. The highest BCUT2D eigenvalue weighted by molar-refractivity contribution is 6.30. The SMILES string of the molecule is COc1ccccc1C(=O)Cc1ccc(Cl)c(F)c1. The van der Waals surface area contributed by atoms with Crippen LogP contribution in [0.3, 0.4) is 0 Å². The fourth-order valence-electron chi connectivity index (χ4n) is 1.81. The van der Waals surface area contributed by atoms with Crippen molar-refractivity contribution in [3.05, 3.63) is 64.4 Å². The third-order valence-electron chi connectivity index (χ3n) is 2.76. The number of ketones is 1. The van der Waals surface area contributed by atoms with Gasteiger partial charge in [-0.1, -0.05) is 29.8 Å². The van der Waals surface area contributed by atoms with E-state index in [-0.39, 0.29) is 17.2 Å². The van der Waals surface area contributed by atoms with Crippen molar-refractivity contribution in [2.45, 2.75) is 6.42 Å². The number of methoxy groups -OCH3 is 1. The van der Waals surface area contributed by atoms with E-state index in [0.717, 1.165) is 0 Å². The minimum Gasteiger partial charge on any atom is -0.496 e. The predicted octanol–water partition coefficient (Wildman–Crippen LogP) is 3.91. The minimum atomic E-state index is -0.521. The Bertz CT molecular complexity index is 611. The van der Waals surface area contributed by atoms with Crippen molar-refractivity contribution < 1.29 is 13.9 Å². The summed E-state index contributed by atoms with van der Waals surface area (Å²) in [6.45, 7) is 0. The Morgan fingerprint density at radius 3 is 2.68 bits per heavy atom. The van der Waals surface area contributed by atoms with Gasteiger partial charge in [0.15, 0.2) is 5.78 Å². The Kier molecular flexibility index (Phi) is 4.17. The van der Waals surface area contributed by atoms with Crippen LogP contribution < -0.4 is 4.74 Å². The minimum absolute atomic E-state index is 0.0495. The fraction of sp³-hybridized carbons (Fsp3) is 0.133. The van der Waals surface area contributed by atoms with Crippen LogP contribution in [0.2, 0.25) is 5.02 Å².